The SMILES string of the molecule is Brc1ccc(Cn2ccc3nc(-c4cccc(I)c4)nc-3c2)cc1. The van der Waals surface area contributed by atoms with Crippen LogP contribution in [0.4, 0.5) is 0 Å². The van der Waals surface area contributed by atoms with Gasteiger partial charge in [-0.2, -0.15) is 0 Å². The molecule has 0 saturated carbocycles. The molecule has 0 N–H and O–H groups in total. The topological polar surface area (TPSA) is 30.7 Å². The lowest BCUT2D eigenvalue weighted by Gasteiger charge is -2.08. The Bertz CT molecular complexity index is 963. The maximum absolute atomic E-state index is 4.70. The number of benzene rings is 2. The first-order chi connectivity index (χ1) is 11.7. The van der Waals surface area contributed by atoms with E-state index in [0.29, 0.717) is 0 Å². The van der Waals surface area contributed by atoms with E-state index < -0.39 is 0 Å². The van der Waals surface area contributed by atoms with Gasteiger partial charge in [-0.1, -0.05) is 40.2 Å². The number of hydrogen-bond acceptors (Lipinski definition) is 2. The minimum Gasteiger partial charge on any atom is -0.348 e. The number of rotatable bonds is 3. The summed E-state index contributed by atoms with van der Waals surface area (Å²) in [4.78, 5) is 9.35. The van der Waals surface area contributed by atoms with Crippen molar-refractivity contribution in [1.82, 2.24) is 14.5 Å². The highest BCUT2D eigenvalue weighted by atomic mass is 127. The van der Waals surface area contributed by atoms with Crippen LogP contribution in [0.25, 0.3) is 22.8 Å². The zero-order valence-electron chi connectivity index (χ0n) is 12.7. The molecule has 0 spiro atoms. The molecule has 0 atom stereocenters. The number of imidazole rings is 1. The highest BCUT2D eigenvalue weighted by Gasteiger charge is 2.12. The molecular formula is C19H13BrIN3. The van der Waals surface area contributed by atoms with Crippen molar-refractivity contribution in [2.75, 3.05) is 0 Å². The van der Waals surface area contributed by atoms with Gasteiger partial charge in [0.1, 0.15) is 5.69 Å². The van der Waals surface area contributed by atoms with Crippen molar-refractivity contribution >= 4 is 38.5 Å². The van der Waals surface area contributed by atoms with E-state index in [2.05, 4.69) is 96.9 Å². The molecule has 2 aromatic carbocycles. The van der Waals surface area contributed by atoms with Gasteiger partial charge in [0, 0.05) is 32.5 Å². The Morgan fingerprint density at radius 1 is 0.958 bits per heavy atom. The third kappa shape index (κ3) is 3.37. The van der Waals surface area contributed by atoms with Crippen molar-refractivity contribution in [2.24, 2.45) is 0 Å². The van der Waals surface area contributed by atoms with Crippen LogP contribution in [0.2, 0.25) is 0 Å². The number of hydrogen-bond donors (Lipinski definition) is 0. The number of halogens is 2. The molecule has 0 saturated heterocycles. The Balaban J connectivity index is 1.66. The van der Waals surface area contributed by atoms with Crippen molar-refractivity contribution in [1.29, 1.82) is 0 Å². The summed E-state index contributed by atoms with van der Waals surface area (Å²) < 4.78 is 4.42. The monoisotopic (exact) mass is 489 g/mol. The van der Waals surface area contributed by atoms with Crippen LogP contribution in [0.1, 0.15) is 5.56 Å². The summed E-state index contributed by atoms with van der Waals surface area (Å²) in [5.41, 5.74) is 4.15. The first kappa shape index (κ1) is 15.8. The summed E-state index contributed by atoms with van der Waals surface area (Å²) in [7, 11) is 0. The van der Waals surface area contributed by atoms with Crippen molar-refractivity contribution in [3.63, 3.8) is 0 Å². The predicted molar refractivity (Wildman–Crippen MR) is 108 cm³/mol. The summed E-state index contributed by atoms with van der Waals surface area (Å²) in [6.07, 6.45) is 4.11. The fourth-order valence-electron chi connectivity index (χ4n) is 2.61. The van der Waals surface area contributed by atoms with Crippen LogP contribution in [0.3, 0.4) is 0 Å². The Labute approximate surface area is 162 Å². The van der Waals surface area contributed by atoms with Crippen LogP contribution in [-0.4, -0.2) is 14.5 Å². The molecule has 2 aromatic rings. The maximum Gasteiger partial charge on any atom is 0.160 e. The van der Waals surface area contributed by atoms with E-state index in [9.17, 15) is 0 Å². The number of fused-ring (bicyclic) bond motifs is 1. The molecule has 0 bridgehead atoms. The molecule has 24 heavy (non-hydrogen) atoms. The number of nitrogens with zero attached hydrogens (tertiary/aromatic N) is 3. The average Bonchev–Trinajstić information content (AvgIpc) is 3.00. The van der Waals surface area contributed by atoms with Crippen LogP contribution in [0.5, 0.6) is 0 Å². The normalized spacial score (nSPS) is 11.1. The second kappa shape index (κ2) is 6.64. The Morgan fingerprint density at radius 3 is 2.54 bits per heavy atom. The van der Waals surface area contributed by atoms with Gasteiger partial charge >= 0.3 is 0 Å². The minimum absolute atomic E-state index is 0.782. The van der Waals surface area contributed by atoms with E-state index in [1.165, 1.54) is 9.13 Å². The van der Waals surface area contributed by atoms with Crippen molar-refractivity contribution in [3.8, 4) is 22.8 Å². The van der Waals surface area contributed by atoms with Crippen LogP contribution in [0, 0.1) is 3.57 Å². The molecule has 2 aliphatic heterocycles. The lowest BCUT2D eigenvalue weighted by atomic mass is 10.2. The van der Waals surface area contributed by atoms with Gasteiger partial charge in [0.15, 0.2) is 5.82 Å². The van der Waals surface area contributed by atoms with Crippen LogP contribution in [-0.2, 0) is 6.54 Å². The van der Waals surface area contributed by atoms with E-state index in [1.807, 2.05) is 18.2 Å². The number of aromatic nitrogens is 3. The third-order valence-electron chi connectivity index (χ3n) is 3.79. The van der Waals surface area contributed by atoms with E-state index in [-0.39, 0.29) is 0 Å². The van der Waals surface area contributed by atoms with E-state index >= 15 is 0 Å². The van der Waals surface area contributed by atoms with Crippen LogP contribution < -0.4 is 0 Å². The maximum atomic E-state index is 4.70. The second-order valence-electron chi connectivity index (χ2n) is 5.57. The van der Waals surface area contributed by atoms with Gasteiger partial charge in [-0.25, -0.2) is 9.97 Å². The van der Waals surface area contributed by atoms with Gasteiger partial charge in [0.25, 0.3) is 0 Å². The highest BCUT2D eigenvalue weighted by molar-refractivity contribution is 14.1. The van der Waals surface area contributed by atoms with Crippen molar-refractivity contribution < 1.29 is 0 Å². The third-order valence-corrected chi connectivity index (χ3v) is 4.99. The van der Waals surface area contributed by atoms with E-state index in [1.54, 1.807) is 0 Å². The van der Waals surface area contributed by atoms with Crippen molar-refractivity contribution in [3.05, 3.63) is 80.6 Å². The Hall–Kier alpha value is -1.73. The Morgan fingerprint density at radius 2 is 1.75 bits per heavy atom. The summed E-state index contributed by atoms with van der Waals surface area (Å²) in [5.74, 6) is 0.782. The fraction of sp³-hybridized carbons (Fsp3) is 0.0526. The number of pyridine rings is 1. The van der Waals surface area contributed by atoms with Crippen LogP contribution >= 0.6 is 38.5 Å². The zero-order chi connectivity index (χ0) is 16.5. The molecule has 4 rings (SSSR count). The van der Waals surface area contributed by atoms with Gasteiger partial charge in [0.05, 0.1) is 5.69 Å². The quantitative estimate of drug-likeness (QED) is 0.357. The van der Waals surface area contributed by atoms with Crippen LogP contribution in [0.15, 0.2) is 71.5 Å². The lowest BCUT2D eigenvalue weighted by molar-refractivity contribution is 0.789. The van der Waals surface area contributed by atoms with Gasteiger partial charge in [-0.15, -0.1) is 0 Å². The summed E-state index contributed by atoms with van der Waals surface area (Å²) in [6.45, 7) is 0.814. The van der Waals surface area contributed by atoms with E-state index in [0.717, 1.165) is 33.8 Å². The molecule has 2 heterocycles. The second-order valence-corrected chi connectivity index (χ2v) is 7.73. The molecule has 5 heteroatoms. The molecule has 0 fully saturated rings. The highest BCUT2D eigenvalue weighted by Crippen LogP contribution is 2.25. The molecule has 2 aliphatic rings. The fourth-order valence-corrected chi connectivity index (χ4v) is 3.41. The smallest absolute Gasteiger partial charge is 0.160 e. The first-order valence-corrected chi connectivity index (χ1v) is 9.38. The lowest BCUT2D eigenvalue weighted by Crippen LogP contribution is -2.00. The largest absolute Gasteiger partial charge is 0.348 e. The van der Waals surface area contributed by atoms with Gasteiger partial charge in [0.2, 0.25) is 0 Å². The zero-order valence-corrected chi connectivity index (χ0v) is 16.4. The van der Waals surface area contributed by atoms with Gasteiger partial charge < -0.3 is 4.57 Å². The molecule has 0 aliphatic carbocycles. The van der Waals surface area contributed by atoms with Crippen molar-refractivity contribution in [2.45, 2.75) is 6.54 Å². The van der Waals surface area contributed by atoms with Gasteiger partial charge in [-0.05, 0) is 58.5 Å². The Kier molecular flexibility index (Phi) is 4.37. The van der Waals surface area contributed by atoms with Gasteiger partial charge in [-0.3, -0.25) is 0 Å². The molecular weight excluding hydrogens is 477 g/mol. The first-order valence-electron chi connectivity index (χ1n) is 7.51. The van der Waals surface area contributed by atoms with E-state index in [4.69, 9.17) is 4.98 Å². The summed E-state index contributed by atoms with van der Waals surface area (Å²) in [6, 6.07) is 18.6. The predicted octanol–water partition coefficient (Wildman–Crippen LogP) is 5.47. The summed E-state index contributed by atoms with van der Waals surface area (Å²) >= 11 is 5.78. The molecule has 118 valence electrons. The molecule has 0 radical (unpaired) electrons. The minimum atomic E-state index is 0.782. The molecule has 3 nitrogen and oxygen atoms in total. The molecule has 0 amide bonds. The standard InChI is InChI=1S/C19H13BrIN3/c20-15-6-4-13(5-7-15)11-24-9-8-17-18(12-24)23-19(22-17)14-2-1-3-16(21)10-14/h1-10,12H,11H2. The molecule has 0 unspecified atom stereocenters. The average molecular weight is 490 g/mol. The molecule has 0 aromatic heterocycles. The summed E-state index contributed by atoms with van der Waals surface area (Å²) in [5, 5.41) is 0.